The maximum absolute atomic E-state index is 11.3. The lowest BCUT2D eigenvalue weighted by Gasteiger charge is -2.18. The maximum Gasteiger partial charge on any atom is 0.247 e. The number of fused-ring (bicyclic) bond motifs is 1. The third-order valence-corrected chi connectivity index (χ3v) is 6.63. The maximum atomic E-state index is 11.3. The molecule has 3 rings (SSSR count). The van der Waals surface area contributed by atoms with Crippen LogP contribution in [0.25, 0.3) is 11.0 Å². The topological polar surface area (TPSA) is 130 Å². The lowest BCUT2D eigenvalue weighted by molar-refractivity contribution is -0.0167. The van der Waals surface area contributed by atoms with Crippen LogP contribution in [0, 0.1) is 0 Å². The van der Waals surface area contributed by atoms with Crippen molar-refractivity contribution < 1.29 is 18.3 Å². The molecule has 3 aromatic rings. The molecule has 1 aromatic carbocycles. The number of aromatic nitrogens is 2. The fourth-order valence-corrected chi connectivity index (χ4v) is 4.39. The molecule has 0 bridgehead atoms. The van der Waals surface area contributed by atoms with Crippen molar-refractivity contribution in [1.29, 1.82) is 0 Å². The fraction of sp³-hybridized carbons (Fsp3) is 0.353. The first-order valence-corrected chi connectivity index (χ1v) is 10.8. The van der Waals surface area contributed by atoms with E-state index in [2.05, 4.69) is 15.3 Å². The van der Waals surface area contributed by atoms with Crippen molar-refractivity contribution >= 4 is 32.4 Å². The van der Waals surface area contributed by atoms with E-state index in [-0.39, 0.29) is 16.8 Å². The Hall–Kier alpha value is -1.98. The molecule has 0 aliphatic heterocycles. The van der Waals surface area contributed by atoms with Gasteiger partial charge in [-0.3, -0.25) is 0 Å². The third kappa shape index (κ3) is 5.50. The minimum Gasteiger partial charge on any atom is -0.464 e. The number of benzene rings is 1. The summed E-state index contributed by atoms with van der Waals surface area (Å²) < 4.78 is 28.3. The number of hydrogen-bond donors (Lipinski definition) is 4. The number of sulfonamides is 1. The van der Waals surface area contributed by atoms with Crippen molar-refractivity contribution in [2.75, 3.05) is 6.54 Å². The van der Waals surface area contributed by atoms with Gasteiger partial charge in [-0.1, -0.05) is 0 Å². The van der Waals surface area contributed by atoms with Gasteiger partial charge < -0.3 is 20.1 Å². The Bertz CT molecular complexity index is 999. The number of primary sulfonamides is 1. The Labute approximate surface area is 161 Å². The van der Waals surface area contributed by atoms with Crippen LogP contribution in [-0.4, -0.2) is 42.4 Å². The monoisotopic (exact) mass is 410 g/mol. The third-order valence-electron chi connectivity index (χ3n) is 4.05. The number of hydrogen-bond acceptors (Lipinski definition) is 7. The van der Waals surface area contributed by atoms with Crippen LogP contribution >= 0.6 is 11.3 Å². The van der Waals surface area contributed by atoms with Gasteiger partial charge in [-0.25, -0.2) is 18.5 Å². The first-order valence-electron chi connectivity index (χ1n) is 8.44. The number of aryl methyl sites for hydroxylation is 1. The van der Waals surface area contributed by atoms with Gasteiger partial charge in [0.2, 0.25) is 16.3 Å². The van der Waals surface area contributed by atoms with Gasteiger partial charge in [0.05, 0.1) is 23.9 Å². The molecular formula is C17H22N4O4S2. The molecule has 2 unspecified atom stereocenters. The van der Waals surface area contributed by atoms with E-state index < -0.39 is 16.3 Å². The Balaban J connectivity index is 1.42. The van der Waals surface area contributed by atoms with Gasteiger partial charge in [0.25, 0.3) is 0 Å². The summed E-state index contributed by atoms with van der Waals surface area (Å²) in [5, 5.41) is 18.4. The summed E-state index contributed by atoms with van der Waals surface area (Å²) >= 11 is 1.19. The molecule has 8 nitrogen and oxygen atoms in total. The minimum absolute atomic E-state index is 0.123. The van der Waals surface area contributed by atoms with E-state index >= 15 is 0 Å². The number of aliphatic hydroxyl groups excluding tert-OH is 1. The van der Waals surface area contributed by atoms with E-state index in [1.165, 1.54) is 17.4 Å². The molecule has 0 radical (unpaired) electrons. The van der Waals surface area contributed by atoms with E-state index in [1.54, 1.807) is 24.5 Å². The molecular weight excluding hydrogens is 388 g/mol. The van der Waals surface area contributed by atoms with Gasteiger partial charge >= 0.3 is 0 Å². The predicted molar refractivity (Wildman–Crippen MR) is 104 cm³/mol. The van der Waals surface area contributed by atoms with E-state index in [1.807, 2.05) is 13.0 Å². The average Bonchev–Trinajstić information content (AvgIpc) is 3.26. The summed E-state index contributed by atoms with van der Waals surface area (Å²) in [5.41, 5.74) is 1.68. The smallest absolute Gasteiger partial charge is 0.247 e. The summed E-state index contributed by atoms with van der Waals surface area (Å²) in [5.74, 6) is 0.558. The highest BCUT2D eigenvalue weighted by Gasteiger charge is 2.13. The summed E-state index contributed by atoms with van der Waals surface area (Å²) in [6.07, 6.45) is 2.14. The van der Waals surface area contributed by atoms with E-state index in [9.17, 15) is 13.5 Å². The Morgan fingerprint density at radius 1 is 1.37 bits per heavy atom. The highest BCUT2D eigenvalue weighted by atomic mass is 32.2. The van der Waals surface area contributed by atoms with Crippen molar-refractivity contribution in [2.24, 2.45) is 5.14 Å². The van der Waals surface area contributed by atoms with E-state index in [0.717, 1.165) is 28.8 Å². The highest BCUT2D eigenvalue weighted by molar-refractivity contribution is 7.91. The van der Waals surface area contributed by atoms with Crippen LogP contribution < -0.4 is 15.2 Å². The number of rotatable bonds is 9. The van der Waals surface area contributed by atoms with Gasteiger partial charge in [0, 0.05) is 17.0 Å². The van der Waals surface area contributed by atoms with Gasteiger partial charge in [-0.2, -0.15) is 0 Å². The van der Waals surface area contributed by atoms with Gasteiger partial charge in [0.1, 0.15) is 9.96 Å². The van der Waals surface area contributed by atoms with Crippen molar-refractivity contribution in [3.63, 3.8) is 0 Å². The summed E-state index contributed by atoms with van der Waals surface area (Å²) in [6.45, 7) is 2.27. The Morgan fingerprint density at radius 2 is 2.19 bits per heavy atom. The number of aromatic amines is 1. The second-order valence-electron chi connectivity index (χ2n) is 6.27. The first-order chi connectivity index (χ1) is 12.8. The minimum atomic E-state index is -3.63. The number of imidazole rings is 1. The first kappa shape index (κ1) is 19.8. The zero-order valence-corrected chi connectivity index (χ0v) is 16.4. The standard InChI is InChI=1S/C17H22N4O4S2/c1-11(2-4-13-5-7-17(26-13)27(18,23)24)19-9-16(22)25-12-3-6-14-15(8-12)21-10-20-14/h3,5-8,10-11,16,19,22H,2,4,9H2,1H3,(H,20,21)(H2,18,23,24). The summed E-state index contributed by atoms with van der Waals surface area (Å²) in [7, 11) is -3.63. The number of nitrogens with zero attached hydrogens (tertiary/aromatic N) is 1. The van der Waals surface area contributed by atoms with Crippen LogP contribution in [0.1, 0.15) is 18.2 Å². The molecule has 0 fully saturated rings. The van der Waals surface area contributed by atoms with Crippen LogP contribution in [0.4, 0.5) is 0 Å². The predicted octanol–water partition coefficient (Wildman–Crippen LogP) is 1.58. The number of ether oxygens (including phenoxy) is 1. The summed E-state index contributed by atoms with van der Waals surface area (Å²) in [4.78, 5) is 8.08. The number of aliphatic hydroxyl groups is 1. The zero-order chi connectivity index (χ0) is 19.4. The van der Waals surface area contributed by atoms with E-state index in [0.29, 0.717) is 5.75 Å². The lowest BCUT2D eigenvalue weighted by atomic mass is 10.1. The average molecular weight is 411 g/mol. The highest BCUT2D eigenvalue weighted by Crippen LogP contribution is 2.22. The number of nitrogens with one attached hydrogen (secondary N) is 2. The molecule has 0 amide bonds. The number of thiophene rings is 1. The second kappa shape index (κ2) is 8.36. The van der Waals surface area contributed by atoms with Gasteiger partial charge in [0.15, 0.2) is 0 Å². The fourth-order valence-electron chi connectivity index (χ4n) is 2.60. The zero-order valence-electron chi connectivity index (χ0n) is 14.8. The van der Waals surface area contributed by atoms with Crippen LogP contribution in [0.15, 0.2) is 40.9 Å². The van der Waals surface area contributed by atoms with Crippen molar-refractivity contribution in [2.45, 2.75) is 36.3 Å². The quantitative estimate of drug-likeness (QED) is 0.396. The molecule has 27 heavy (non-hydrogen) atoms. The molecule has 2 heterocycles. The van der Waals surface area contributed by atoms with Crippen molar-refractivity contribution in [3.8, 4) is 5.75 Å². The lowest BCUT2D eigenvalue weighted by Crippen LogP contribution is -2.36. The number of H-pyrrole nitrogens is 1. The molecule has 146 valence electrons. The largest absolute Gasteiger partial charge is 0.464 e. The molecule has 0 saturated carbocycles. The van der Waals surface area contributed by atoms with Crippen LogP contribution in [0.2, 0.25) is 0 Å². The van der Waals surface area contributed by atoms with Gasteiger partial charge in [-0.05, 0) is 44.0 Å². The van der Waals surface area contributed by atoms with Crippen molar-refractivity contribution in [1.82, 2.24) is 15.3 Å². The van der Waals surface area contributed by atoms with Crippen LogP contribution in [-0.2, 0) is 16.4 Å². The molecule has 10 heteroatoms. The molecule has 2 atom stereocenters. The second-order valence-corrected chi connectivity index (χ2v) is 9.22. The molecule has 0 spiro atoms. The molecule has 0 aliphatic rings. The van der Waals surface area contributed by atoms with Gasteiger partial charge in [-0.15, -0.1) is 11.3 Å². The number of nitrogens with two attached hydrogens (primary N) is 1. The van der Waals surface area contributed by atoms with Crippen molar-refractivity contribution in [3.05, 3.63) is 41.5 Å². The Kier molecular flexibility index (Phi) is 6.12. The Morgan fingerprint density at radius 3 is 2.93 bits per heavy atom. The normalized spacial score (nSPS) is 14.3. The van der Waals surface area contributed by atoms with Crippen LogP contribution in [0.3, 0.4) is 0 Å². The molecule has 0 saturated heterocycles. The molecule has 0 aliphatic carbocycles. The van der Waals surface area contributed by atoms with Crippen LogP contribution in [0.5, 0.6) is 5.75 Å². The SMILES string of the molecule is CC(CCc1ccc(S(N)(=O)=O)s1)NCC(O)Oc1ccc2nc[nH]c2c1. The molecule has 5 N–H and O–H groups in total. The summed E-state index contributed by atoms with van der Waals surface area (Å²) in [6, 6.07) is 8.80. The molecule has 2 aromatic heterocycles. The van der Waals surface area contributed by atoms with E-state index in [4.69, 9.17) is 9.88 Å².